The van der Waals surface area contributed by atoms with E-state index in [9.17, 15) is 4.79 Å². The third-order valence-electron chi connectivity index (χ3n) is 2.75. The van der Waals surface area contributed by atoms with E-state index in [4.69, 9.17) is 5.11 Å². The molecule has 0 aromatic rings. The minimum atomic E-state index is 0.124. The molecule has 4 heteroatoms. The summed E-state index contributed by atoms with van der Waals surface area (Å²) in [6, 6.07) is 0.628. The van der Waals surface area contributed by atoms with Crippen molar-refractivity contribution in [1.29, 1.82) is 0 Å². The van der Waals surface area contributed by atoms with Crippen molar-refractivity contribution in [2.75, 3.05) is 26.2 Å². The summed E-state index contributed by atoms with van der Waals surface area (Å²) in [6.45, 7) is 8.10. The maximum absolute atomic E-state index is 11.7. The molecule has 0 aromatic heterocycles. The van der Waals surface area contributed by atoms with Crippen molar-refractivity contribution in [1.82, 2.24) is 9.80 Å². The van der Waals surface area contributed by atoms with Crippen LogP contribution in [0.5, 0.6) is 0 Å². The molecule has 1 N–H and O–H groups in total. The summed E-state index contributed by atoms with van der Waals surface area (Å²) in [5.41, 5.74) is 0. The second-order valence-corrected chi connectivity index (χ2v) is 4.18. The quantitative estimate of drug-likeness (QED) is 0.693. The van der Waals surface area contributed by atoms with E-state index < -0.39 is 0 Å². The minimum Gasteiger partial charge on any atom is -0.395 e. The van der Waals surface area contributed by atoms with Crippen LogP contribution in [0.15, 0.2) is 0 Å². The summed E-state index contributed by atoms with van der Waals surface area (Å²) in [7, 11) is 0. The molecule has 1 saturated heterocycles. The van der Waals surface area contributed by atoms with E-state index in [0.29, 0.717) is 19.1 Å². The number of piperazine rings is 1. The van der Waals surface area contributed by atoms with E-state index >= 15 is 0 Å². The number of hydrogen-bond donors (Lipinski definition) is 1. The summed E-state index contributed by atoms with van der Waals surface area (Å²) >= 11 is 0. The van der Waals surface area contributed by atoms with Crippen LogP contribution in [-0.4, -0.2) is 59.1 Å². The lowest BCUT2D eigenvalue weighted by Gasteiger charge is -2.41. The molecule has 0 radical (unpaired) electrons. The van der Waals surface area contributed by atoms with Gasteiger partial charge in [-0.25, -0.2) is 0 Å². The van der Waals surface area contributed by atoms with E-state index in [1.807, 2.05) is 23.6 Å². The molecule has 82 valence electrons. The molecular formula is C10H20N2O2. The first kappa shape index (κ1) is 11.5. The molecule has 1 aliphatic heterocycles. The Morgan fingerprint density at radius 3 is 2.71 bits per heavy atom. The van der Waals surface area contributed by atoms with Crippen LogP contribution in [-0.2, 0) is 4.79 Å². The first-order chi connectivity index (χ1) is 6.56. The number of aliphatic hydroxyl groups is 1. The van der Waals surface area contributed by atoms with Gasteiger partial charge in [-0.2, -0.15) is 0 Å². The fourth-order valence-electron chi connectivity index (χ4n) is 1.85. The van der Waals surface area contributed by atoms with Crippen LogP contribution in [0.2, 0.25) is 0 Å². The summed E-state index contributed by atoms with van der Waals surface area (Å²) in [5, 5.41) is 8.83. The number of rotatable bonds is 3. The van der Waals surface area contributed by atoms with Gasteiger partial charge in [0.25, 0.3) is 0 Å². The number of aliphatic hydroxyl groups excluding tert-OH is 1. The van der Waals surface area contributed by atoms with E-state index in [1.54, 1.807) is 0 Å². The largest absolute Gasteiger partial charge is 0.395 e. The highest BCUT2D eigenvalue weighted by molar-refractivity contribution is 5.79. The average Bonchev–Trinajstić information content (AvgIpc) is 2.10. The van der Waals surface area contributed by atoms with Crippen LogP contribution in [0.4, 0.5) is 0 Å². The lowest BCUT2D eigenvalue weighted by Crippen LogP contribution is -2.57. The van der Waals surface area contributed by atoms with Crippen molar-refractivity contribution >= 4 is 5.91 Å². The van der Waals surface area contributed by atoms with Crippen LogP contribution in [0.25, 0.3) is 0 Å². The number of carbonyl (C=O) groups excluding carboxylic acids is 1. The Morgan fingerprint density at radius 1 is 1.57 bits per heavy atom. The summed E-state index contributed by atoms with van der Waals surface area (Å²) in [5.74, 6) is 0.173. The van der Waals surface area contributed by atoms with Gasteiger partial charge in [0.15, 0.2) is 0 Å². The highest BCUT2D eigenvalue weighted by Gasteiger charge is 2.29. The van der Waals surface area contributed by atoms with Gasteiger partial charge in [0.1, 0.15) is 0 Å². The van der Waals surface area contributed by atoms with Gasteiger partial charge >= 0.3 is 0 Å². The second kappa shape index (κ2) is 4.75. The molecule has 4 nitrogen and oxygen atoms in total. The molecule has 0 saturated carbocycles. The number of nitrogens with zero attached hydrogens (tertiary/aromatic N) is 2. The van der Waals surface area contributed by atoms with E-state index in [2.05, 4.69) is 6.92 Å². The molecule has 1 amide bonds. The maximum Gasteiger partial charge on any atom is 0.237 e. The molecule has 1 fully saturated rings. The third-order valence-corrected chi connectivity index (χ3v) is 2.75. The molecule has 1 heterocycles. The van der Waals surface area contributed by atoms with Crippen molar-refractivity contribution in [3.63, 3.8) is 0 Å². The Hall–Kier alpha value is -0.610. The lowest BCUT2D eigenvalue weighted by atomic mass is 10.1. The highest BCUT2D eigenvalue weighted by atomic mass is 16.3. The summed E-state index contributed by atoms with van der Waals surface area (Å²) in [4.78, 5) is 15.6. The maximum atomic E-state index is 11.7. The van der Waals surface area contributed by atoms with Crippen molar-refractivity contribution in [3.05, 3.63) is 0 Å². The summed E-state index contributed by atoms with van der Waals surface area (Å²) in [6.07, 6.45) is 0. The van der Waals surface area contributed by atoms with Crippen LogP contribution in [0, 0.1) is 0 Å². The molecule has 1 unspecified atom stereocenters. The fourth-order valence-corrected chi connectivity index (χ4v) is 1.85. The Labute approximate surface area is 85.5 Å². The number of hydrogen-bond acceptors (Lipinski definition) is 3. The zero-order valence-electron chi connectivity index (χ0n) is 9.23. The molecule has 0 aliphatic carbocycles. The zero-order valence-corrected chi connectivity index (χ0v) is 9.23. The highest BCUT2D eigenvalue weighted by Crippen LogP contribution is 2.12. The number of β-amino-alcohol motifs (C(OH)–C–C–N with tert-alkyl or cyclic N) is 1. The van der Waals surface area contributed by atoms with Crippen LogP contribution < -0.4 is 0 Å². The van der Waals surface area contributed by atoms with Crippen molar-refractivity contribution in [3.8, 4) is 0 Å². The Balaban J connectivity index is 2.57. The summed E-state index contributed by atoms with van der Waals surface area (Å²) < 4.78 is 0. The first-order valence-electron chi connectivity index (χ1n) is 5.20. The van der Waals surface area contributed by atoms with Crippen molar-refractivity contribution in [2.45, 2.75) is 32.9 Å². The average molecular weight is 200 g/mol. The molecule has 14 heavy (non-hydrogen) atoms. The molecule has 1 atom stereocenters. The van der Waals surface area contributed by atoms with Crippen LogP contribution in [0.1, 0.15) is 20.8 Å². The first-order valence-corrected chi connectivity index (χ1v) is 5.20. The van der Waals surface area contributed by atoms with Gasteiger partial charge in [0.2, 0.25) is 5.91 Å². The van der Waals surface area contributed by atoms with E-state index in [1.165, 1.54) is 0 Å². The van der Waals surface area contributed by atoms with E-state index in [-0.39, 0.29) is 18.6 Å². The predicted octanol–water partition coefficient (Wildman–Crippen LogP) is -0.0802. The normalized spacial score (nSPS) is 24.8. The number of amides is 1. The molecule has 0 spiro atoms. The van der Waals surface area contributed by atoms with Gasteiger partial charge in [-0.1, -0.05) is 0 Å². The lowest BCUT2D eigenvalue weighted by molar-refractivity contribution is -0.140. The van der Waals surface area contributed by atoms with Gasteiger partial charge in [-0.05, 0) is 20.8 Å². The molecular weight excluding hydrogens is 180 g/mol. The smallest absolute Gasteiger partial charge is 0.237 e. The van der Waals surface area contributed by atoms with Crippen LogP contribution in [0.3, 0.4) is 0 Å². The Bertz CT molecular complexity index is 206. The molecule has 1 aliphatic rings. The van der Waals surface area contributed by atoms with Crippen LogP contribution >= 0.6 is 0 Å². The Morgan fingerprint density at radius 2 is 2.21 bits per heavy atom. The standard InChI is InChI=1S/C10H20N2O2/c1-8(2)12-6-9(3)11(4-5-13)7-10(12)14/h8-9,13H,4-7H2,1-3H3. The van der Waals surface area contributed by atoms with Crippen molar-refractivity contribution < 1.29 is 9.90 Å². The zero-order chi connectivity index (χ0) is 10.7. The predicted molar refractivity (Wildman–Crippen MR) is 55.0 cm³/mol. The van der Waals surface area contributed by atoms with E-state index in [0.717, 1.165) is 6.54 Å². The monoisotopic (exact) mass is 200 g/mol. The molecule has 0 bridgehead atoms. The van der Waals surface area contributed by atoms with Gasteiger partial charge in [-0.3, -0.25) is 9.69 Å². The SMILES string of the molecule is CC1CN(C(C)C)C(=O)CN1CCO. The van der Waals surface area contributed by atoms with Gasteiger partial charge in [0.05, 0.1) is 13.2 Å². The molecule has 0 aromatic carbocycles. The number of carbonyl (C=O) groups is 1. The topological polar surface area (TPSA) is 43.8 Å². The third kappa shape index (κ3) is 2.45. The van der Waals surface area contributed by atoms with Gasteiger partial charge < -0.3 is 10.0 Å². The second-order valence-electron chi connectivity index (χ2n) is 4.18. The Kier molecular flexibility index (Phi) is 3.89. The fraction of sp³-hybridized carbons (Fsp3) is 0.900. The van der Waals surface area contributed by atoms with Gasteiger partial charge in [0, 0.05) is 25.2 Å². The van der Waals surface area contributed by atoms with Gasteiger partial charge in [-0.15, -0.1) is 0 Å². The van der Waals surface area contributed by atoms with Crippen molar-refractivity contribution in [2.24, 2.45) is 0 Å². The molecule has 1 rings (SSSR count). The minimum absolute atomic E-state index is 0.124.